The van der Waals surface area contributed by atoms with Crippen LogP contribution in [0.1, 0.15) is 12.5 Å². The summed E-state index contributed by atoms with van der Waals surface area (Å²) in [5.74, 6) is -0.276. The number of aliphatic hydroxyl groups excluding tert-OH is 1. The summed E-state index contributed by atoms with van der Waals surface area (Å²) in [6.45, 7) is 2.51. The lowest BCUT2D eigenvalue weighted by atomic mass is 10.2. The summed E-state index contributed by atoms with van der Waals surface area (Å²) >= 11 is 3.02. The van der Waals surface area contributed by atoms with E-state index in [1.807, 2.05) is 0 Å². The molecule has 1 atom stereocenters. The normalized spacial score (nSPS) is 13.4. The lowest BCUT2D eigenvalue weighted by Gasteiger charge is -2.12. The zero-order valence-electron chi connectivity index (χ0n) is 9.59. The van der Waals surface area contributed by atoms with Crippen molar-refractivity contribution in [1.82, 2.24) is 5.32 Å². The first-order chi connectivity index (χ1) is 8.28. The van der Waals surface area contributed by atoms with Crippen LogP contribution in [0.25, 0.3) is 0 Å². The molecule has 0 amide bonds. The number of aliphatic hydroxyl groups is 1. The lowest BCUT2D eigenvalue weighted by Crippen LogP contribution is -2.23. The minimum Gasteiger partial charge on any atom is -0.405 e. The van der Waals surface area contributed by atoms with Crippen LogP contribution in [-0.2, 0) is 6.54 Å². The van der Waals surface area contributed by atoms with Crippen molar-refractivity contribution in [3.05, 3.63) is 28.2 Å². The number of alkyl halides is 3. The van der Waals surface area contributed by atoms with Gasteiger partial charge in [-0.1, -0.05) is 6.07 Å². The zero-order valence-corrected chi connectivity index (χ0v) is 11.2. The van der Waals surface area contributed by atoms with Gasteiger partial charge in [-0.2, -0.15) is 0 Å². The molecule has 0 aliphatic carbocycles. The van der Waals surface area contributed by atoms with Crippen molar-refractivity contribution in [2.75, 3.05) is 6.54 Å². The molecule has 1 rings (SSSR count). The second-order valence-electron chi connectivity index (χ2n) is 3.79. The van der Waals surface area contributed by atoms with Crippen molar-refractivity contribution in [2.45, 2.75) is 25.9 Å². The van der Waals surface area contributed by atoms with E-state index in [2.05, 4.69) is 26.0 Å². The molecule has 18 heavy (non-hydrogen) atoms. The van der Waals surface area contributed by atoms with E-state index in [1.54, 1.807) is 6.92 Å². The molecule has 2 N–H and O–H groups in total. The van der Waals surface area contributed by atoms with E-state index in [0.29, 0.717) is 13.1 Å². The van der Waals surface area contributed by atoms with E-state index in [-0.39, 0.29) is 10.2 Å². The average Bonchev–Trinajstić information content (AvgIpc) is 2.19. The fourth-order valence-corrected chi connectivity index (χ4v) is 1.79. The molecule has 0 spiro atoms. The Morgan fingerprint density at radius 2 is 2.11 bits per heavy atom. The van der Waals surface area contributed by atoms with Gasteiger partial charge in [0.05, 0.1) is 10.6 Å². The molecule has 0 heterocycles. The highest BCUT2D eigenvalue weighted by molar-refractivity contribution is 9.10. The molecule has 1 aromatic rings. The van der Waals surface area contributed by atoms with Gasteiger partial charge in [-0.15, -0.1) is 13.2 Å². The maximum Gasteiger partial charge on any atom is 0.573 e. The predicted octanol–water partition coefficient (Wildman–Crippen LogP) is 2.82. The molecule has 0 fully saturated rings. The van der Waals surface area contributed by atoms with Crippen molar-refractivity contribution in [2.24, 2.45) is 0 Å². The summed E-state index contributed by atoms with van der Waals surface area (Å²) < 4.78 is 40.1. The highest BCUT2D eigenvalue weighted by Crippen LogP contribution is 2.30. The van der Waals surface area contributed by atoms with Crippen LogP contribution in [0.15, 0.2) is 22.7 Å². The molecule has 0 bridgehead atoms. The first-order valence-electron chi connectivity index (χ1n) is 5.21. The molecule has 0 radical (unpaired) electrons. The Bertz CT molecular complexity index is 396. The highest BCUT2D eigenvalue weighted by Gasteiger charge is 2.31. The predicted molar refractivity (Wildman–Crippen MR) is 64.2 cm³/mol. The summed E-state index contributed by atoms with van der Waals surface area (Å²) in [4.78, 5) is 0. The summed E-state index contributed by atoms with van der Waals surface area (Å²) in [6, 6.07) is 4.31. The van der Waals surface area contributed by atoms with Crippen LogP contribution >= 0.6 is 15.9 Å². The van der Waals surface area contributed by atoms with E-state index < -0.39 is 12.5 Å². The van der Waals surface area contributed by atoms with E-state index in [1.165, 1.54) is 18.2 Å². The maximum absolute atomic E-state index is 12.0. The SMILES string of the molecule is CC(O)CNCc1ccc(OC(F)(F)F)c(Br)c1. The van der Waals surface area contributed by atoms with Gasteiger partial charge in [0.25, 0.3) is 0 Å². The number of ether oxygens (including phenoxy) is 1. The van der Waals surface area contributed by atoms with E-state index in [4.69, 9.17) is 5.11 Å². The number of hydrogen-bond acceptors (Lipinski definition) is 3. The highest BCUT2D eigenvalue weighted by atomic mass is 79.9. The second-order valence-corrected chi connectivity index (χ2v) is 4.65. The largest absolute Gasteiger partial charge is 0.573 e. The van der Waals surface area contributed by atoms with Gasteiger partial charge in [0.1, 0.15) is 5.75 Å². The molecule has 0 aliphatic heterocycles. The number of nitrogens with one attached hydrogen (secondary N) is 1. The lowest BCUT2D eigenvalue weighted by molar-refractivity contribution is -0.274. The first kappa shape index (κ1) is 15.3. The Kier molecular flexibility index (Phi) is 5.43. The number of hydrogen-bond donors (Lipinski definition) is 2. The van der Waals surface area contributed by atoms with Gasteiger partial charge in [-0.3, -0.25) is 0 Å². The summed E-state index contributed by atoms with van der Waals surface area (Å²) in [5.41, 5.74) is 0.789. The van der Waals surface area contributed by atoms with Gasteiger partial charge in [-0.25, -0.2) is 0 Å². The maximum atomic E-state index is 12.0. The number of rotatable bonds is 5. The van der Waals surface area contributed by atoms with Gasteiger partial charge in [0.2, 0.25) is 0 Å². The van der Waals surface area contributed by atoms with Gasteiger partial charge in [0, 0.05) is 13.1 Å². The zero-order chi connectivity index (χ0) is 13.8. The molecule has 0 saturated carbocycles. The van der Waals surface area contributed by atoms with E-state index in [0.717, 1.165) is 5.56 Å². The van der Waals surface area contributed by atoms with Crippen LogP contribution in [0.4, 0.5) is 13.2 Å². The van der Waals surface area contributed by atoms with Gasteiger partial charge in [0.15, 0.2) is 0 Å². The molecule has 0 aliphatic rings. The quantitative estimate of drug-likeness (QED) is 0.873. The standard InChI is InChI=1S/C11H13BrF3NO2/c1-7(17)5-16-6-8-2-3-10(9(12)4-8)18-11(13,14)15/h2-4,7,16-17H,5-6H2,1H3. The third kappa shape index (κ3) is 5.70. The third-order valence-electron chi connectivity index (χ3n) is 1.99. The summed E-state index contributed by atoms with van der Waals surface area (Å²) in [5, 5.41) is 12.0. The Morgan fingerprint density at radius 1 is 1.44 bits per heavy atom. The van der Waals surface area contributed by atoms with Crippen molar-refractivity contribution in [3.63, 3.8) is 0 Å². The fourth-order valence-electron chi connectivity index (χ4n) is 1.29. The second kappa shape index (κ2) is 6.40. The molecular weight excluding hydrogens is 315 g/mol. The Balaban J connectivity index is 2.62. The summed E-state index contributed by atoms with van der Waals surface area (Å²) in [7, 11) is 0. The molecule has 102 valence electrons. The molecule has 0 aromatic heterocycles. The minimum atomic E-state index is -4.70. The van der Waals surface area contributed by atoms with E-state index >= 15 is 0 Å². The van der Waals surface area contributed by atoms with Crippen LogP contribution in [-0.4, -0.2) is 24.1 Å². The van der Waals surface area contributed by atoms with Gasteiger partial charge in [-0.05, 0) is 40.5 Å². The first-order valence-corrected chi connectivity index (χ1v) is 6.00. The van der Waals surface area contributed by atoms with Gasteiger partial charge < -0.3 is 15.2 Å². The van der Waals surface area contributed by atoms with Crippen molar-refractivity contribution in [3.8, 4) is 5.75 Å². The van der Waals surface area contributed by atoms with Crippen LogP contribution in [0, 0.1) is 0 Å². The van der Waals surface area contributed by atoms with Gasteiger partial charge >= 0.3 is 6.36 Å². The molecule has 0 saturated heterocycles. The molecule has 1 aromatic carbocycles. The Morgan fingerprint density at radius 3 is 2.61 bits per heavy atom. The molecule has 1 unspecified atom stereocenters. The van der Waals surface area contributed by atoms with Crippen LogP contribution < -0.4 is 10.1 Å². The summed E-state index contributed by atoms with van der Waals surface area (Å²) in [6.07, 6.45) is -5.17. The monoisotopic (exact) mass is 327 g/mol. The number of benzene rings is 1. The fraction of sp³-hybridized carbons (Fsp3) is 0.455. The van der Waals surface area contributed by atoms with Crippen molar-refractivity contribution in [1.29, 1.82) is 0 Å². The molecular formula is C11H13BrF3NO2. The van der Waals surface area contributed by atoms with Crippen LogP contribution in [0.3, 0.4) is 0 Å². The van der Waals surface area contributed by atoms with E-state index in [9.17, 15) is 13.2 Å². The van der Waals surface area contributed by atoms with Crippen molar-refractivity contribution < 1.29 is 23.0 Å². The van der Waals surface area contributed by atoms with Crippen LogP contribution in [0.2, 0.25) is 0 Å². The smallest absolute Gasteiger partial charge is 0.405 e. The van der Waals surface area contributed by atoms with Crippen molar-refractivity contribution >= 4 is 15.9 Å². The average molecular weight is 328 g/mol. The minimum absolute atomic E-state index is 0.233. The molecule has 3 nitrogen and oxygen atoms in total. The third-order valence-corrected chi connectivity index (χ3v) is 2.61. The van der Waals surface area contributed by atoms with Crippen LogP contribution in [0.5, 0.6) is 5.75 Å². The Hall–Kier alpha value is -0.790. The molecule has 7 heteroatoms. The number of halogens is 4. The topological polar surface area (TPSA) is 41.5 Å². The Labute approximate surface area is 111 Å².